The van der Waals surface area contributed by atoms with E-state index in [1.54, 1.807) is 25.1 Å². The Morgan fingerprint density at radius 3 is 2.35 bits per heavy atom. The Kier molecular flexibility index (Phi) is 3.79. The van der Waals surface area contributed by atoms with Gasteiger partial charge in [0.1, 0.15) is 5.75 Å². The summed E-state index contributed by atoms with van der Waals surface area (Å²) in [5.74, 6) is 0.0812. The van der Waals surface area contributed by atoms with Gasteiger partial charge < -0.3 is 10.4 Å². The van der Waals surface area contributed by atoms with Gasteiger partial charge in [0.25, 0.3) is 0 Å². The fraction of sp³-hybridized carbons (Fsp3) is 0.235. The Hall–Kier alpha value is -2.29. The first kappa shape index (κ1) is 14.1. The molecule has 0 heterocycles. The molecule has 0 aliphatic carbocycles. The van der Waals surface area contributed by atoms with Gasteiger partial charge in [0, 0.05) is 11.3 Å². The number of carbonyl (C=O) groups excluding carboxylic acids is 1. The smallest absolute Gasteiger partial charge is 0.234 e. The SMILES string of the molecule is Cc1c(O)cccc1NC(=O)C(C)(C)c1ccccc1. The van der Waals surface area contributed by atoms with Crippen molar-refractivity contribution < 1.29 is 9.90 Å². The molecular formula is C17H19NO2. The number of hydrogen-bond acceptors (Lipinski definition) is 2. The van der Waals surface area contributed by atoms with E-state index in [9.17, 15) is 9.90 Å². The van der Waals surface area contributed by atoms with Crippen molar-refractivity contribution in [1.82, 2.24) is 0 Å². The van der Waals surface area contributed by atoms with E-state index >= 15 is 0 Å². The maximum atomic E-state index is 12.5. The average molecular weight is 269 g/mol. The number of carbonyl (C=O) groups is 1. The molecule has 0 saturated carbocycles. The molecule has 2 aromatic carbocycles. The van der Waals surface area contributed by atoms with Crippen LogP contribution in [0.5, 0.6) is 5.75 Å². The zero-order chi connectivity index (χ0) is 14.8. The minimum Gasteiger partial charge on any atom is -0.508 e. The standard InChI is InChI=1S/C17H19NO2/c1-12-14(10-7-11-15(12)19)18-16(20)17(2,3)13-8-5-4-6-9-13/h4-11,19H,1-3H3,(H,18,20). The minimum atomic E-state index is -0.640. The van der Waals surface area contributed by atoms with Crippen molar-refractivity contribution >= 4 is 11.6 Å². The molecule has 2 aromatic rings. The van der Waals surface area contributed by atoms with Crippen molar-refractivity contribution in [2.75, 3.05) is 5.32 Å². The van der Waals surface area contributed by atoms with E-state index in [2.05, 4.69) is 5.32 Å². The van der Waals surface area contributed by atoms with Crippen molar-refractivity contribution in [1.29, 1.82) is 0 Å². The Bertz CT molecular complexity index is 618. The highest BCUT2D eigenvalue weighted by molar-refractivity contribution is 5.99. The molecule has 0 unspecified atom stereocenters. The lowest BCUT2D eigenvalue weighted by molar-refractivity contribution is -0.120. The zero-order valence-corrected chi connectivity index (χ0v) is 12.0. The van der Waals surface area contributed by atoms with Crippen molar-refractivity contribution in [2.24, 2.45) is 0 Å². The number of nitrogens with one attached hydrogen (secondary N) is 1. The number of hydrogen-bond donors (Lipinski definition) is 2. The summed E-state index contributed by atoms with van der Waals surface area (Å²) in [5.41, 5.74) is 1.62. The van der Waals surface area contributed by atoms with Gasteiger partial charge in [0.2, 0.25) is 5.91 Å². The van der Waals surface area contributed by atoms with Gasteiger partial charge >= 0.3 is 0 Å². The third kappa shape index (κ3) is 2.67. The van der Waals surface area contributed by atoms with Crippen molar-refractivity contribution in [3.8, 4) is 5.75 Å². The molecule has 0 aliphatic rings. The lowest BCUT2D eigenvalue weighted by Crippen LogP contribution is -2.34. The molecule has 0 aliphatic heterocycles. The Morgan fingerprint density at radius 1 is 1.05 bits per heavy atom. The van der Waals surface area contributed by atoms with Crippen LogP contribution in [0.4, 0.5) is 5.69 Å². The second-order valence-electron chi connectivity index (χ2n) is 5.39. The number of phenolic OH excluding ortho intramolecular Hbond substituents is 1. The summed E-state index contributed by atoms with van der Waals surface area (Å²) >= 11 is 0. The molecule has 3 heteroatoms. The van der Waals surface area contributed by atoms with Crippen molar-refractivity contribution in [3.63, 3.8) is 0 Å². The van der Waals surface area contributed by atoms with E-state index < -0.39 is 5.41 Å². The summed E-state index contributed by atoms with van der Waals surface area (Å²) in [6, 6.07) is 14.8. The van der Waals surface area contributed by atoms with Crippen LogP contribution in [-0.4, -0.2) is 11.0 Å². The van der Waals surface area contributed by atoms with Gasteiger partial charge in [-0.05, 0) is 38.5 Å². The summed E-state index contributed by atoms with van der Waals surface area (Å²) in [7, 11) is 0. The fourth-order valence-corrected chi connectivity index (χ4v) is 2.02. The molecular weight excluding hydrogens is 250 g/mol. The van der Waals surface area contributed by atoms with Crippen molar-refractivity contribution in [3.05, 3.63) is 59.7 Å². The molecule has 2 rings (SSSR count). The van der Waals surface area contributed by atoms with Gasteiger partial charge in [-0.15, -0.1) is 0 Å². The Labute approximate surface area is 119 Å². The van der Waals surface area contributed by atoms with Crippen LogP contribution in [-0.2, 0) is 10.2 Å². The predicted molar refractivity (Wildman–Crippen MR) is 80.9 cm³/mol. The number of phenols is 1. The van der Waals surface area contributed by atoms with Gasteiger partial charge in [-0.1, -0.05) is 36.4 Å². The molecule has 0 fully saturated rings. The summed E-state index contributed by atoms with van der Waals surface area (Å²) in [6.07, 6.45) is 0. The number of aromatic hydroxyl groups is 1. The number of rotatable bonds is 3. The first-order valence-electron chi connectivity index (χ1n) is 6.58. The van der Waals surface area contributed by atoms with E-state index in [4.69, 9.17) is 0 Å². The molecule has 0 saturated heterocycles. The van der Waals surface area contributed by atoms with Crippen LogP contribution in [0, 0.1) is 6.92 Å². The first-order chi connectivity index (χ1) is 9.43. The summed E-state index contributed by atoms with van der Waals surface area (Å²) < 4.78 is 0. The predicted octanol–water partition coefficient (Wildman–Crippen LogP) is 3.62. The van der Waals surface area contributed by atoms with E-state index in [1.165, 1.54) is 0 Å². The van der Waals surface area contributed by atoms with E-state index in [0.717, 1.165) is 5.56 Å². The van der Waals surface area contributed by atoms with Crippen LogP contribution in [0.25, 0.3) is 0 Å². The number of anilines is 1. The Morgan fingerprint density at radius 2 is 1.70 bits per heavy atom. The molecule has 3 nitrogen and oxygen atoms in total. The number of amides is 1. The third-order valence-corrected chi connectivity index (χ3v) is 3.62. The quantitative estimate of drug-likeness (QED) is 0.894. The van der Waals surface area contributed by atoms with Gasteiger partial charge in [-0.25, -0.2) is 0 Å². The molecule has 0 aromatic heterocycles. The van der Waals surface area contributed by atoms with Crippen LogP contribution in [0.15, 0.2) is 48.5 Å². The molecule has 0 atom stereocenters. The molecule has 2 N–H and O–H groups in total. The summed E-state index contributed by atoms with van der Waals surface area (Å²) in [4.78, 5) is 12.5. The highest BCUT2D eigenvalue weighted by Gasteiger charge is 2.29. The zero-order valence-electron chi connectivity index (χ0n) is 12.0. The van der Waals surface area contributed by atoms with Gasteiger partial charge in [-0.3, -0.25) is 4.79 Å². The maximum Gasteiger partial charge on any atom is 0.234 e. The van der Waals surface area contributed by atoms with Crippen LogP contribution >= 0.6 is 0 Å². The molecule has 0 bridgehead atoms. The molecule has 0 spiro atoms. The van der Waals surface area contributed by atoms with Crippen LogP contribution < -0.4 is 5.32 Å². The van der Waals surface area contributed by atoms with Crippen molar-refractivity contribution in [2.45, 2.75) is 26.2 Å². The second kappa shape index (κ2) is 5.37. The molecule has 20 heavy (non-hydrogen) atoms. The van der Waals surface area contributed by atoms with Gasteiger partial charge in [0.15, 0.2) is 0 Å². The molecule has 1 amide bonds. The third-order valence-electron chi connectivity index (χ3n) is 3.62. The van der Waals surface area contributed by atoms with Crippen LogP contribution in [0.1, 0.15) is 25.0 Å². The Balaban J connectivity index is 2.26. The second-order valence-corrected chi connectivity index (χ2v) is 5.39. The highest BCUT2D eigenvalue weighted by Crippen LogP contribution is 2.28. The topological polar surface area (TPSA) is 49.3 Å². The largest absolute Gasteiger partial charge is 0.508 e. The maximum absolute atomic E-state index is 12.5. The van der Waals surface area contributed by atoms with Crippen LogP contribution in [0.2, 0.25) is 0 Å². The normalized spacial score (nSPS) is 11.2. The van der Waals surface area contributed by atoms with E-state index in [-0.39, 0.29) is 11.7 Å². The average Bonchev–Trinajstić information content (AvgIpc) is 2.44. The highest BCUT2D eigenvalue weighted by atomic mass is 16.3. The lowest BCUT2D eigenvalue weighted by Gasteiger charge is -2.24. The van der Waals surface area contributed by atoms with E-state index in [1.807, 2.05) is 44.2 Å². The fourth-order valence-electron chi connectivity index (χ4n) is 2.02. The van der Waals surface area contributed by atoms with E-state index in [0.29, 0.717) is 11.3 Å². The number of benzene rings is 2. The summed E-state index contributed by atoms with van der Waals surface area (Å²) in [6.45, 7) is 5.55. The van der Waals surface area contributed by atoms with Gasteiger partial charge in [-0.2, -0.15) is 0 Å². The summed E-state index contributed by atoms with van der Waals surface area (Å²) in [5, 5.41) is 12.6. The monoisotopic (exact) mass is 269 g/mol. The van der Waals surface area contributed by atoms with Gasteiger partial charge in [0.05, 0.1) is 5.41 Å². The molecule has 104 valence electrons. The minimum absolute atomic E-state index is 0.0996. The first-order valence-corrected chi connectivity index (χ1v) is 6.58. The van der Waals surface area contributed by atoms with Crippen LogP contribution in [0.3, 0.4) is 0 Å². The lowest BCUT2D eigenvalue weighted by atomic mass is 9.83. The molecule has 0 radical (unpaired) electrons.